The zero-order chi connectivity index (χ0) is 21.1. The number of sulfonamides is 1. The van der Waals surface area contributed by atoms with Crippen LogP contribution < -0.4 is 20.3 Å². The lowest BCUT2D eigenvalue weighted by Gasteiger charge is -2.24. The van der Waals surface area contributed by atoms with E-state index in [-0.39, 0.29) is 11.4 Å². The summed E-state index contributed by atoms with van der Waals surface area (Å²) in [6, 6.07) is 11.5. The number of aliphatic imine (C=N–C) groups is 1. The van der Waals surface area contributed by atoms with E-state index in [1.807, 2.05) is 0 Å². The number of hydrogen-bond donors (Lipinski definition) is 3. The van der Waals surface area contributed by atoms with Gasteiger partial charge in [0.25, 0.3) is 0 Å². The Morgan fingerprint density at radius 1 is 1.14 bits per heavy atom. The van der Waals surface area contributed by atoms with Crippen molar-refractivity contribution in [1.29, 1.82) is 0 Å². The van der Waals surface area contributed by atoms with Gasteiger partial charge in [0.05, 0.1) is 0 Å². The maximum Gasteiger partial charge on any atom is 0.242 e. The van der Waals surface area contributed by atoms with Gasteiger partial charge in [-0.05, 0) is 43.7 Å². The summed E-state index contributed by atoms with van der Waals surface area (Å²) in [5, 5.41) is 6.37. The third-order valence-corrected chi connectivity index (χ3v) is 5.75. The van der Waals surface area contributed by atoms with Crippen molar-refractivity contribution in [2.45, 2.75) is 18.7 Å². The molecule has 9 heteroatoms. The molecule has 0 fully saturated rings. The standard InChI is InChI=1S/C20H30N6O2S/c1-4-26(18-8-5-7-17(2)15-18)14-13-24-20(21-3)23-11-12-25-29(27,28)19-9-6-10-22-16-19/h5-10,15-16,25H,4,11-14H2,1-3H3,(H2,21,23,24). The first-order chi connectivity index (χ1) is 14.0. The molecule has 2 aromatic rings. The fourth-order valence-corrected chi connectivity index (χ4v) is 3.77. The average Bonchev–Trinajstić information content (AvgIpc) is 2.73. The van der Waals surface area contributed by atoms with E-state index in [2.05, 4.69) is 68.3 Å². The molecule has 1 heterocycles. The van der Waals surface area contributed by atoms with Gasteiger partial charge in [0.1, 0.15) is 4.90 Å². The van der Waals surface area contributed by atoms with Gasteiger partial charge in [-0.25, -0.2) is 13.1 Å². The minimum Gasteiger partial charge on any atom is -0.370 e. The normalized spacial score (nSPS) is 11.9. The van der Waals surface area contributed by atoms with Crippen LogP contribution in [0.15, 0.2) is 58.7 Å². The molecule has 0 atom stereocenters. The molecule has 0 radical (unpaired) electrons. The molecule has 158 valence electrons. The number of nitrogens with one attached hydrogen (secondary N) is 3. The van der Waals surface area contributed by atoms with Crippen molar-refractivity contribution in [3.8, 4) is 0 Å². The molecule has 0 spiro atoms. The van der Waals surface area contributed by atoms with Crippen molar-refractivity contribution < 1.29 is 8.42 Å². The van der Waals surface area contributed by atoms with Crippen LogP contribution in [0.2, 0.25) is 0 Å². The smallest absolute Gasteiger partial charge is 0.242 e. The van der Waals surface area contributed by atoms with Crippen molar-refractivity contribution in [2.75, 3.05) is 44.7 Å². The Kier molecular flexibility index (Phi) is 8.88. The van der Waals surface area contributed by atoms with E-state index in [1.165, 1.54) is 29.7 Å². The van der Waals surface area contributed by atoms with Crippen molar-refractivity contribution >= 4 is 21.7 Å². The summed E-state index contributed by atoms with van der Waals surface area (Å²) >= 11 is 0. The van der Waals surface area contributed by atoms with Crippen molar-refractivity contribution in [3.63, 3.8) is 0 Å². The highest BCUT2D eigenvalue weighted by Gasteiger charge is 2.12. The highest BCUT2D eigenvalue weighted by atomic mass is 32.2. The van der Waals surface area contributed by atoms with Crippen LogP contribution in [0.1, 0.15) is 12.5 Å². The zero-order valence-electron chi connectivity index (χ0n) is 17.2. The SMILES string of the molecule is CCN(CCNC(=NC)NCCNS(=O)(=O)c1cccnc1)c1cccc(C)c1. The molecule has 0 aliphatic carbocycles. The van der Waals surface area contributed by atoms with E-state index in [9.17, 15) is 8.42 Å². The Balaban J connectivity index is 1.74. The third-order valence-electron chi connectivity index (χ3n) is 4.30. The quantitative estimate of drug-likeness (QED) is 0.306. The molecular weight excluding hydrogens is 388 g/mol. The van der Waals surface area contributed by atoms with Gasteiger partial charge in [0.2, 0.25) is 10.0 Å². The molecule has 0 amide bonds. The Bertz CT molecular complexity index is 887. The molecule has 2 rings (SSSR count). The number of hydrogen-bond acceptors (Lipinski definition) is 5. The van der Waals surface area contributed by atoms with E-state index in [1.54, 1.807) is 13.1 Å². The maximum atomic E-state index is 12.2. The molecule has 1 aromatic heterocycles. The van der Waals surface area contributed by atoms with E-state index >= 15 is 0 Å². The number of likely N-dealkylation sites (N-methyl/N-ethyl adjacent to an activating group) is 1. The second kappa shape index (κ2) is 11.4. The predicted octanol–water partition coefficient (Wildman–Crippen LogP) is 1.36. The lowest BCUT2D eigenvalue weighted by Crippen LogP contribution is -2.44. The zero-order valence-corrected chi connectivity index (χ0v) is 18.0. The highest BCUT2D eigenvalue weighted by molar-refractivity contribution is 7.89. The monoisotopic (exact) mass is 418 g/mol. The van der Waals surface area contributed by atoms with E-state index < -0.39 is 10.0 Å². The van der Waals surface area contributed by atoms with Crippen LogP contribution in [0.5, 0.6) is 0 Å². The van der Waals surface area contributed by atoms with E-state index in [0.717, 1.165) is 13.1 Å². The van der Waals surface area contributed by atoms with Crippen molar-refractivity contribution in [1.82, 2.24) is 20.3 Å². The second-order valence-electron chi connectivity index (χ2n) is 6.43. The first-order valence-electron chi connectivity index (χ1n) is 9.62. The fraction of sp³-hybridized carbons (Fsp3) is 0.400. The minimum absolute atomic E-state index is 0.151. The number of guanidine groups is 1. The van der Waals surface area contributed by atoms with E-state index in [0.29, 0.717) is 19.0 Å². The van der Waals surface area contributed by atoms with Gasteiger partial charge in [-0.2, -0.15) is 0 Å². The second-order valence-corrected chi connectivity index (χ2v) is 8.20. The third kappa shape index (κ3) is 7.35. The summed E-state index contributed by atoms with van der Waals surface area (Å²) in [7, 11) is -1.86. The minimum atomic E-state index is -3.55. The summed E-state index contributed by atoms with van der Waals surface area (Å²) in [5.74, 6) is 0.630. The summed E-state index contributed by atoms with van der Waals surface area (Å²) < 4.78 is 26.9. The van der Waals surface area contributed by atoms with Gasteiger partial charge >= 0.3 is 0 Å². The number of benzene rings is 1. The van der Waals surface area contributed by atoms with Crippen LogP contribution in [-0.4, -0.2) is 59.1 Å². The Hall–Kier alpha value is -2.65. The molecule has 0 saturated heterocycles. The molecule has 29 heavy (non-hydrogen) atoms. The van der Waals surface area contributed by atoms with Crippen LogP contribution in [0.3, 0.4) is 0 Å². The largest absolute Gasteiger partial charge is 0.370 e. The molecule has 0 saturated carbocycles. The van der Waals surface area contributed by atoms with Crippen LogP contribution in [0.25, 0.3) is 0 Å². The van der Waals surface area contributed by atoms with Crippen LogP contribution >= 0.6 is 0 Å². The number of nitrogens with zero attached hydrogens (tertiary/aromatic N) is 3. The fourth-order valence-electron chi connectivity index (χ4n) is 2.78. The first-order valence-corrected chi connectivity index (χ1v) is 11.1. The number of aromatic nitrogens is 1. The van der Waals surface area contributed by atoms with Gasteiger partial charge in [-0.15, -0.1) is 0 Å². The predicted molar refractivity (Wildman–Crippen MR) is 118 cm³/mol. The van der Waals surface area contributed by atoms with Gasteiger partial charge < -0.3 is 15.5 Å². The summed E-state index contributed by atoms with van der Waals surface area (Å²) in [5.41, 5.74) is 2.43. The molecule has 3 N–H and O–H groups in total. The van der Waals surface area contributed by atoms with Crippen LogP contribution in [0, 0.1) is 6.92 Å². The van der Waals surface area contributed by atoms with Crippen LogP contribution in [0.4, 0.5) is 5.69 Å². The maximum absolute atomic E-state index is 12.2. The van der Waals surface area contributed by atoms with Gasteiger partial charge in [-0.3, -0.25) is 9.98 Å². The molecule has 8 nitrogen and oxygen atoms in total. The molecule has 0 aliphatic rings. The average molecular weight is 419 g/mol. The number of pyridine rings is 1. The topological polar surface area (TPSA) is 98.7 Å². The number of aryl methyl sites for hydroxylation is 1. The molecule has 0 unspecified atom stereocenters. The lowest BCUT2D eigenvalue weighted by molar-refractivity contribution is 0.580. The highest BCUT2D eigenvalue weighted by Crippen LogP contribution is 2.14. The Morgan fingerprint density at radius 3 is 2.59 bits per heavy atom. The van der Waals surface area contributed by atoms with E-state index in [4.69, 9.17) is 0 Å². The van der Waals surface area contributed by atoms with Crippen molar-refractivity contribution in [3.05, 3.63) is 54.4 Å². The Morgan fingerprint density at radius 2 is 1.93 bits per heavy atom. The lowest BCUT2D eigenvalue weighted by atomic mass is 10.2. The Labute approximate surface area is 173 Å². The molecule has 1 aromatic carbocycles. The summed E-state index contributed by atoms with van der Waals surface area (Å²) in [6.45, 7) is 7.31. The molecule has 0 aliphatic heterocycles. The first kappa shape index (κ1) is 22.6. The van der Waals surface area contributed by atoms with Crippen molar-refractivity contribution in [2.24, 2.45) is 4.99 Å². The molecule has 0 bridgehead atoms. The summed E-state index contributed by atoms with van der Waals surface area (Å²) in [4.78, 5) is 10.5. The molecular formula is C20H30N6O2S. The number of rotatable bonds is 10. The van der Waals surface area contributed by atoms with Crippen LogP contribution in [-0.2, 0) is 10.0 Å². The van der Waals surface area contributed by atoms with Gasteiger partial charge in [-0.1, -0.05) is 12.1 Å². The van der Waals surface area contributed by atoms with Gasteiger partial charge in [0.15, 0.2) is 5.96 Å². The number of anilines is 1. The van der Waals surface area contributed by atoms with Gasteiger partial charge in [0, 0.05) is 57.9 Å². The summed E-state index contributed by atoms with van der Waals surface area (Å²) in [6.07, 6.45) is 2.86.